The fourth-order valence-corrected chi connectivity index (χ4v) is 5.10. The van der Waals surface area contributed by atoms with Gasteiger partial charge in [-0.15, -0.1) is 0 Å². The summed E-state index contributed by atoms with van der Waals surface area (Å²) in [5.74, 6) is 1.47. The fraction of sp³-hybridized carbons (Fsp3) is 0.706. The van der Waals surface area contributed by atoms with Crippen molar-refractivity contribution < 1.29 is 20.1 Å². The zero-order valence-corrected chi connectivity index (χ0v) is 15.3. The highest BCUT2D eigenvalue weighted by Crippen LogP contribution is 2.49. The highest BCUT2D eigenvalue weighted by molar-refractivity contribution is 6.19. The van der Waals surface area contributed by atoms with Crippen LogP contribution in [0.25, 0.3) is 11.2 Å². The van der Waals surface area contributed by atoms with Gasteiger partial charge in [0.25, 0.3) is 0 Å². The van der Waals surface area contributed by atoms with Crippen LogP contribution in [0.15, 0.2) is 12.7 Å². The normalized spacial score (nSPS) is 39.3. The van der Waals surface area contributed by atoms with Gasteiger partial charge in [0.05, 0.1) is 6.33 Å². The highest BCUT2D eigenvalue weighted by Gasteiger charge is 2.48. The average Bonchev–Trinajstić information content (AvgIpc) is 3.40. The Hall–Kier alpha value is -1.52. The van der Waals surface area contributed by atoms with Gasteiger partial charge in [-0.05, 0) is 38.0 Å². The standard InChI is InChI=1S/C17H22ClN5O4/c18-13(26)12-10(24)11(25)16(27-12)23-7-21-9-14(19-6-20-15(9)23)22-17-3-1-8(5-17)2-4-17/h6-8,10-13,16,24-26H,1-5H2,(H,19,20,22)/t8?,10-,11+,12-,13?,16+,17?/m0/s1. The molecule has 27 heavy (non-hydrogen) atoms. The molecule has 2 saturated carbocycles. The predicted molar refractivity (Wildman–Crippen MR) is 96.0 cm³/mol. The Labute approximate surface area is 160 Å². The van der Waals surface area contributed by atoms with Crippen LogP contribution in [-0.2, 0) is 4.74 Å². The van der Waals surface area contributed by atoms with Crippen LogP contribution in [0.5, 0.6) is 0 Å². The van der Waals surface area contributed by atoms with E-state index in [0.717, 1.165) is 25.2 Å². The van der Waals surface area contributed by atoms with E-state index in [2.05, 4.69) is 20.3 Å². The molecule has 3 fully saturated rings. The first-order valence-corrected chi connectivity index (χ1v) is 9.70. The zero-order chi connectivity index (χ0) is 18.8. The van der Waals surface area contributed by atoms with Crippen LogP contribution in [0.4, 0.5) is 5.82 Å². The maximum Gasteiger partial charge on any atom is 0.167 e. The summed E-state index contributed by atoms with van der Waals surface area (Å²) in [5, 5.41) is 33.6. The molecule has 0 aromatic carbocycles. The lowest BCUT2D eigenvalue weighted by Gasteiger charge is -2.28. The van der Waals surface area contributed by atoms with E-state index < -0.39 is 30.1 Å². The van der Waals surface area contributed by atoms with Crippen LogP contribution in [-0.4, -0.2) is 64.3 Å². The van der Waals surface area contributed by atoms with Crippen molar-refractivity contribution in [2.24, 2.45) is 5.92 Å². The predicted octanol–water partition coefficient (Wildman–Crippen LogP) is 0.747. The zero-order valence-electron chi connectivity index (χ0n) is 14.6. The van der Waals surface area contributed by atoms with Crippen LogP contribution in [0.1, 0.15) is 38.3 Å². The number of nitrogens with zero attached hydrogens (tertiary/aromatic N) is 4. The number of aliphatic hydroxyl groups is 3. The lowest BCUT2D eigenvalue weighted by Crippen LogP contribution is -2.36. The third-order valence-electron chi connectivity index (χ3n) is 6.30. The van der Waals surface area contributed by atoms with Gasteiger partial charge in [-0.3, -0.25) is 4.57 Å². The molecule has 2 aromatic rings. The van der Waals surface area contributed by atoms with Crippen LogP contribution in [0, 0.1) is 5.92 Å². The van der Waals surface area contributed by atoms with Crippen LogP contribution < -0.4 is 5.32 Å². The second kappa shape index (κ2) is 6.25. The number of aromatic nitrogens is 4. The van der Waals surface area contributed by atoms with E-state index in [-0.39, 0.29) is 5.54 Å². The van der Waals surface area contributed by atoms with Crippen LogP contribution >= 0.6 is 11.6 Å². The first-order valence-electron chi connectivity index (χ1n) is 9.27. The summed E-state index contributed by atoms with van der Waals surface area (Å²) in [6.07, 6.45) is 4.24. The van der Waals surface area contributed by atoms with Gasteiger partial charge in [-0.25, -0.2) is 15.0 Å². The largest absolute Gasteiger partial charge is 0.387 e. The van der Waals surface area contributed by atoms with E-state index in [1.165, 1.54) is 25.5 Å². The number of alkyl halides is 1. The first kappa shape index (κ1) is 17.6. The molecule has 9 nitrogen and oxygen atoms in total. The van der Waals surface area contributed by atoms with Crippen LogP contribution in [0.3, 0.4) is 0 Å². The van der Waals surface area contributed by atoms with Crippen LogP contribution in [0.2, 0.25) is 0 Å². The summed E-state index contributed by atoms with van der Waals surface area (Å²) in [7, 11) is 0. The molecule has 146 valence electrons. The molecule has 2 aromatic heterocycles. The molecular formula is C17H22ClN5O4. The van der Waals surface area contributed by atoms with Gasteiger partial charge in [0.15, 0.2) is 28.8 Å². The third-order valence-corrected chi connectivity index (χ3v) is 6.55. The highest BCUT2D eigenvalue weighted by atomic mass is 35.5. The molecule has 4 N–H and O–H groups in total. The molecule has 5 atom stereocenters. The number of anilines is 1. The first-order chi connectivity index (χ1) is 13.0. The van der Waals surface area contributed by atoms with E-state index in [4.69, 9.17) is 16.3 Å². The Balaban J connectivity index is 1.47. The molecule has 1 unspecified atom stereocenters. The molecule has 2 aliphatic carbocycles. The van der Waals surface area contributed by atoms with Gasteiger partial charge in [-0.1, -0.05) is 11.6 Å². The van der Waals surface area contributed by atoms with Crippen molar-refractivity contribution in [2.45, 2.75) is 67.7 Å². The summed E-state index contributed by atoms with van der Waals surface area (Å²) in [6.45, 7) is 0. The summed E-state index contributed by atoms with van der Waals surface area (Å²) < 4.78 is 7.12. The molecule has 0 amide bonds. The molecule has 3 heterocycles. The van der Waals surface area contributed by atoms with Crippen molar-refractivity contribution >= 4 is 28.6 Å². The van der Waals surface area contributed by atoms with Gasteiger partial charge in [0.1, 0.15) is 24.6 Å². The molecular weight excluding hydrogens is 374 g/mol. The minimum atomic E-state index is -1.43. The topological polar surface area (TPSA) is 126 Å². The Bertz CT molecular complexity index is 853. The number of aliphatic hydroxyl groups excluding tert-OH is 3. The van der Waals surface area contributed by atoms with E-state index in [0.29, 0.717) is 17.0 Å². The van der Waals surface area contributed by atoms with E-state index in [1.54, 1.807) is 4.57 Å². The summed E-state index contributed by atoms with van der Waals surface area (Å²) in [4.78, 5) is 13.1. The van der Waals surface area contributed by atoms with Crippen molar-refractivity contribution in [3.05, 3.63) is 12.7 Å². The van der Waals surface area contributed by atoms with E-state index >= 15 is 0 Å². The second-order valence-electron chi connectivity index (χ2n) is 7.94. The maximum atomic E-state index is 10.3. The van der Waals surface area contributed by atoms with Gasteiger partial charge >= 0.3 is 0 Å². The monoisotopic (exact) mass is 395 g/mol. The number of nitrogens with one attached hydrogen (secondary N) is 1. The quantitative estimate of drug-likeness (QED) is 0.559. The smallest absolute Gasteiger partial charge is 0.167 e. The lowest BCUT2D eigenvalue weighted by molar-refractivity contribution is -0.0613. The number of ether oxygens (including phenoxy) is 1. The van der Waals surface area contributed by atoms with Gasteiger partial charge in [0, 0.05) is 5.54 Å². The summed E-state index contributed by atoms with van der Waals surface area (Å²) in [5.41, 5.74) is -0.277. The molecule has 3 aliphatic rings. The molecule has 0 spiro atoms. The molecule has 0 radical (unpaired) electrons. The lowest BCUT2D eigenvalue weighted by atomic mass is 9.94. The Morgan fingerprint density at radius 2 is 2.00 bits per heavy atom. The maximum absolute atomic E-state index is 10.3. The number of imidazole rings is 1. The molecule has 5 rings (SSSR count). The van der Waals surface area contributed by atoms with Crippen molar-refractivity contribution in [3.63, 3.8) is 0 Å². The van der Waals surface area contributed by atoms with Gasteiger partial charge < -0.3 is 25.4 Å². The van der Waals surface area contributed by atoms with Gasteiger partial charge in [0.2, 0.25) is 0 Å². The van der Waals surface area contributed by atoms with E-state index in [9.17, 15) is 15.3 Å². The summed E-state index contributed by atoms with van der Waals surface area (Å²) in [6, 6.07) is 0. The third kappa shape index (κ3) is 2.72. The Kier molecular flexibility index (Phi) is 4.07. The number of rotatable bonds is 4. The SMILES string of the molecule is OC(Cl)[C@H]1O[C@@H](n2cnc3c(NC45CCC(CC4)C5)ncnc32)[C@H](O)[C@@H]1O. The van der Waals surface area contributed by atoms with Crippen molar-refractivity contribution in [1.82, 2.24) is 19.5 Å². The molecule has 10 heteroatoms. The average molecular weight is 396 g/mol. The molecule has 1 saturated heterocycles. The number of hydrogen-bond acceptors (Lipinski definition) is 8. The Morgan fingerprint density at radius 1 is 1.22 bits per heavy atom. The van der Waals surface area contributed by atoms with Crippen molar-refractivity contribution in [1.29, 1.82) is 0 Å². The second-order valence-corrected chi connectivity index (χ2v) is 8.39. The van der Waals surface area contributed by atoms with Gasteiger partial charge in [-0.2, -0.15) is 0 Å². The minimum Gasteiger partial charge on any atom is -0.387 e. The molecule has 2 bridgehead atoms. The number of hydrogen-bond donors (Lipinski definition) is 4. The molecule has 1 aliphatic heterocycles. The minimum absolute atomic E-state index is 0.0864. The fourth-order valence-electron chi connectivity index (χ4n) is 4.89. The number of fused-ring (bicyclic) bond motifs is 3. The van der Waals surface area contributed by atoms with E-state index in [1.807, 2.05) is 0 Å². The van der Waals surface area contributed by atoms with Crippen molar-refractivity contribution in [2.75, 3.05) is 5.32 Å². The van der Waals surface area contributed by atoms with Crippen molar-refractivity contribution in [3.8, 4) is 0 Å². The number of halogens is 1. The summed E-state index contributed by atoms with van der Waals surface area (Å²) >= 11 is 5.64. The Morgan fingerprint density at radius 3 is 2.63 bits per heavy atom.